The number of hydrogen-bond acceptors (Lipinski definition) is 4. The van der Waals surface area contributed by atoms with E-state index in [4.69, 9.17) is 4.42 Å². The number of hydrogen-bond donors (Lipinski definition) is 1. The molecule has 1 amide bonds. The fourth-order valence-corrected chi connectivity index (χ4v) is 2.20. The lowest BCUT2D eigenvalue weighted by atomic mass is 10.3. The van der Waals surface area contributed by atoms with Crippen molar-refractivity contribution in [2.45, 2.75) is 5.75 Å². The number of aryl methyl sites for hydroxylation is 1. The zero-order valence-electron chi connectivity index (χ0n) is 10.1. The molecule has 2 aromatic heterocycles. The van der Waals surface area contributed by atoms with Crippen molar-refractivity contribution in [3.8, 4) is 0 Å². The standard InChI is InChI=1S/C12H15N3O2S/c1-15-8-10(7-14-15)12(16)13-4-6-18-9-11-3-2-5-17-11/h2-3,5,7-8H,4,6,9H2,1H3,(H,13,16). The van der Waals surface area contributed by atoms with E-state index in [2.05, 4.69) is 10.4 Å². The SMILES string of the molecule is Cn1cc(C(=O)NCCSCc2ccco2)cn1. The Kier molecular flexibility index (Phi) is 4.46. The molecule has 2 heterocycles. The van der Waals surface area contributed by atoms with Crippen LogP contribution in [0.15, 0.2) is 35.2 Å². The summed E-state index contributed by atoms with van der Waals surface area (Å²) in [5.41, 5.74) is 0.591. The number of thioether (sulfide) groups is 1. The van der Waals surface area contributed by atoms with Gasteiger partial charge in [-0.2, -0.15) is 16.9 Å². The molecule has 2 aromatic rings. The van der Waals surface area contributed by atoms with Crippen molar-refractivity contribution in [1.29, 1.82) is 0 Å². The van der Waals surface area contributed by atoms with Crippen LogP contribution in [-0.4, -0.2) is 28.0 Å². The van der Waals surface area contributed by atoms with Crippen molar-refractivity contribution in [3.63, 3.8) is 0 Å². The molecule has 0 spiro atoms. The third-order valence-corrected chi connectivity index (χ3v) is 3.30. The van der Waals surface area contributed by atoms with E-state index in [1.54, 1.807) is 42.1 Å². The number of nitrogens with zero attached hydrogens (tertiary/aromatic N) is 2. The maximum atomic E-state index is 11.7. The van der Waals surface area contributed by atoms with Crippen LogP contribution < -0.4 is 5.32 Å². The normalized spacial score (nSPS) is 10.5. The fourth-order valence-electron chi connectivity index (χ4n) is 1.44. The summed E-state index contributed by atoms with van der Waals surface area (Å²) in [5.74, 6) is 2.56. The Hall–Kier alpha value is -1.69. The molecule has 0 aliphatic rings. The van der Waals surface area contributed by atoms with Crippen LogP contribution in [0.2, 0.25) is 0 Å². The summed E-state index contributed by atoms with van der Waals surface area (Å²) in [6.45, 7) is 0.638. The van der Waals surface area contributed by atoms with Gasteiger partial charge in [-0.3, -0.25) is 9.48 Å². The van der Waals surface area contributed by atoms with Gasteiger partial charge in [0, 0.05) is 25.5 Å². The first-order valence-corrected chi connectivity index (χ1v) is 6.78. The van der Waals surface area contributed by atoms with Crippen molar-refractivity contribution in [3.05, 3.63) is 42.1 Å². The average molecular weight is 265 g/mol. The monoisotopic (exact) mass is 265 g/mol. The molecule has 0 saturated heterocycles. The molecule has 0 aliphatic carbocycles. The molecule has 0 radical (unpaired) electrons. The molecule has 0 aromatic carbocycles. The van der Waals surface area contributed by atoms with Gasteiger partial charge in [0.05, 0.1) is 23.8 Å². The first-order valence-electron chi connectivity index (χ1n) is 5.62. The van der Waals surface area contributed by atoms with Gasteiger partial charge in [0.1, 0.15) is 5.76 Å². The summed E-state index contributed by atoms with van der Waals surface area (Å²) in [5, 5.41) is 6.80. The zero-order chi connectivity index (χ0) is 12.8. The number of furan rings is 1. The second-order valence-electron chi connectivity index (χ2n) is 3.79. The smallest absolute Gasteiger partial charge is 0.254 e. The molecule has 5 nitrogen and oxygen atoms in total. The average Bonchev–Trinajstić information content (AvgIpc) is 2.99. The summed E-state index contributed by atoms with van der Waals surface area (Å²) in [7, 11) is 1.79. The van der Waals surface area contributed by atoms with E-state index in [1.807, 2.05) is 12.1 Å². The molecule has 0 atom stereocenters. The molecular formula is C12H15N3O2S. The highest BCUT2D eigenvalue weighted by molar-refractivity contribution is 7.98. The van der Waals surface area contributed by atoms with Crippen LogP contribution in [0.25, 0.3) is 0 Å². The van der Waals surface area contributed by atoms with Gasteiger partial charge in [0.25, 0.3) is 5.91 Å². The minimum absolute atomic E-state index is 0.0818. The Morgan fingerprint density at radius 3 is 3.17 bits per heavy atom. The first kappa shape index (κ1) is 12.8. The lowest BCUT2D eigenvalue weighted by molar-refractivity contribution is 0.0956. The van der Waals surface area contributed by atoms with Gasteiger partial charge < -0.3 is 9.73 Å². The van der Waals surface area contributed by atoms with Crippen LogP contribution in [0.1, 0.15) is 16.1 Å². The molecule has 2 rings (SSSR count). The molecule has 6 heteroatoms. The summed E-state index contributed by atoms with van der Waals surface area (Å²) >= 11 is 1.72. The molecule has 96 valence electrons. The third kappa shape index (κ3) is 3.66. The Labute approximate surface area is 110 Å². The molecule has 0 unspecified atom stereocenters. The Bertz CT molecular complexity index is 493. The lowest BCUT2D eigenvalue weighted by Gasteiger charge is -2.02. The number of nitrogens with one attached hydrogen (secondary N) is 1. The highest BCUT2D eigenvalue weighted by Gasteiger charge is 2.06. The summed E-state index contributed by atoms with van der Waals surface area (Å²) in [6.07, 6.45) is 4.93. The van der Waals surface area contributed by atoms with E-state index in [0.717, 1.165) is 17.3 Å². The number of rotatable bonds is 6. The summed E-state index contributed by atoms with van der Waals surface area (Å²) < 4.78 is 6.83. The van der Waals surface area contributed by atoms with Crippen LogP contribution in [0.3, 0.4) is 0 Å². The van der Waals surface area contributed by atoms with Gasteiger partial charge in [0.15, 0.2) is 0 Å². The molecule has 0 aliphatic heterocycles. The van der Waals surface area contributed by atoms with Crippen molar-refractivity contribution >= 4 is 17.7 Å². The van der Waals surface area contributed by atoms with Crippen LogP contribution in [0, 0.1) is 0 Å². The zero-order valence-corrected chi connectivity index (χ0v) is 10.9. The van der Waals surface area contributed by atoms with E-state index in [0.29, 0.717) is 12.1 Å². The predicted octanol–water partition coefficient (Wildman–Crippen LogP) is 1.68. The molecule has 0 bridgehead atoms. The maximum absolute atomic E-state index is 11.7. The predicted molar refractivity (Wildman–Crippen MR) is 70.4 cm³/mol. The van der Waals surface area contributed by atoms with Crippen molar-refractivity contribution < 1.29 is 9.21 Å². The van der Waals surface area contributed by atoms with Crippen molar-refractivity contribution in [1.82, 2.24) is 15.1 Å². The molecule has 0 saturated carbocycles. The summed E-state index contributed by atoms with van der Waals surface area (Å²) in [4.78, 5) is 11.7. The van der Waals surface area contributed by atoms with Gasteiger partial charge >= 0.3 is 0 Å². The quantitative estimate of drug-likeness (QED) is 0.807. The number of carbonyl (C=O) groups excluding carboxylic acids is 1. The van der Waals surface area contributed by atoms with E-state index >= 15 is 0 Å². The highest BCUT2D eigenvalue weighted by Crippen LogP contribution is 2.11. The summed E-state index contributed by atoms with van der Waals surface area (Å²) in [6, 6.07) is 3.82. The van der Waals surface area contributed by atoms with Crippen molar-refractivity contribution in [2.24, 2.45) is 7.05 Å². The minimum atomic E-state index is -0.0818. The third-order valence-electron chi connectivity index (χ3n) is 2.32. The molecule has 0 fully saturated rings. The van der Waals surface area contributed by atoms with Gasteiger partial charge in [-0.05, 0) is 12.1 Å². The first-order chi connectivity index (χ1) is 8.75. The van der Waals surface area contributed by atoms with Crippen molar-refractivity contribution in [2.75, 3.05) is 12.3 Å². The fraction of sp³-hybridized carbons (Fsp3) is 0.333. The number of aromatic nitrogens is 2. The molecule has 18 heavy (non-hydrogen) atoms. The highest BCUT2D eigenvalue weighted by atomic mass is 32.2. The van der Waals surface area contributed by atoms with Gasteiger partial charge in [-0.15, -0.1) is 0 Å². The second kappa shape index (κ2) is 6.30. The Morgan fingerprint density at radius 1 is 1.61 bits per heavy atom. The van der Waals surface area contributed by atoms with E-state index in [1.165, 1.54) is 0 Å². The van der Waals surface area contributed by atoms with Crippen LogP contribution >= 0.6 is 11.8 Å². The van der Waals surface area contributed by atoms with E-state index in [-0.39, 0.29) is 5.91 Å². The molecule has 1 N–H and O–H groups in total. The van der Waals surface area contributed by atoms with Crippen LogP contribution in [0.5, 0.6) is 0 Å². The second-order valence-corrected chi connectivity index (χ2v) is 4.90. The van der Waals surface area contributed by atoms with E-state index in [9.17, 15) is 4.79 Å². The van der Waals surface area contributed by atoms with Crippen LogP contribution in [0.4, 0.5) is 0 Å². The minimum Gasteiger partial charge on any atom is -0.468 e. The number of amides is 1. The van der Waals surface area contributed by atoms with E-state index < -0.39 is 0 Å². The number of carbonyl (C=O) groups is 1. The maximum Gasteiger partial charge on any atom is 0.254 e. The van der Waals surface area contributed by atoms with Crippen LogP contribution in [-0.2, 0) is 12.8 Å². The Morgan fingerprint density at radius 2 is 2.50 bits per heavy atom. The lowest BCUT2D eigenvalue weighted by Crippen LogP contribution is -2.25. The van der Waals surface area contributed by atoms with Gasteiger partial charge in [-0.1, -0.05) is 0 Å². The van der Waals surface area contributed by atoms with Gasteiger partial charge in [-0.25, -0.2) is 0 Å². The topological polar surface area (TPSA) is 60.1 Å². The largest absolute Gasteiger partial charge is 0.468 e. The van der Waals surface area contributed by atoms with Gasteiger partial charge in [0.2, 0.25) is 0 Å². The molecular weight excluding hydrogens is 250 g/mol. The Balaban J connectivity index is 1.62.